The Hall–Kier alpha value is -6.78. The molecule has 3 heterocycles. The quantitative estimate of drug-likeness (QED) is 0.205. The van der Waals surface area contributed by atoms with Crippen LogP contribution in [0.15, 0.2) is 182 Å². The van der Waals surface area contributed by atoms with Crippen molar-refractivity contribution in [2.75, 3.05) is 10.2 Å². The molecule has 0 bridgehead atoms. The summed E-state index contributed by atoms with van der Waals surface area (Å²) < 4.78 is 4.85. The van der Waals surface area contributed by atoms with Crippen molar-refractivity contribution in [3.05, 3.63) is 182 Å². The second-order valence-corrected chi connectivity index (χ2v) is 13.5. The normalized spacial score (nSPS) is 14.2. The van der Waals surface area contributed by atoms with Gasteiger partial charge in [0, 0.05) is 32.9 Å². The number of fused-ring (bicyclic) bond motifs is 8. The Balaban J connectivity index is 1.09. The van der Waals surface area contributed by atoms with Gasteiger partial charge in [-0.15, -0.1) is 0 Å². The van der Waals surface area contributed by atoms with Crippen LogP contribution in [0, 0.1) is 0 Å². The van der Waals surface area contributed by atoms with Crippen molar-refractivity contribution < 1.29 is 0 Å². The first-order chi connectivity index (χ1) is 25.3. The van der Waals surface area contributed by atoms with Crippen molar-refractivity contribution in [1.29, 1.82) is 0 Å². The molecule has 1 aliphatic rings. The van der Waals surface area contributed by atoms with E-state index in [1.165, 1.54) is 76.9 Å². The monoisotopic (exact) mass is 652 g/mol. The van der Waals surface area contributed by atoms with Crippen molar-refractivity contribution in [1.82, 2.24) is 9.13 Å². The maximum atomic E-state index is 3.90. The molecule has 0 saturated heterocycles. The Kier molecular flexibility index (Phi) is 5.98. The van der Waals surface area contributed by atoms with Gasteiger partial charge in [-0.05, 0) is 94.7 Å². The van der Waals surface area contributed by atoms with Crippen molar-refractivity contribution in [3.63, 3.8) is 0 Å². The molecule has 0 radical (unpaired) electrons. The number of hydrogen-bond acceptors (Lipinski definition) is 2. The number of anilines is 3. The molecule has 8 aromatic carbocycles. The van der Waals surface area contributed by atoms with E-state index in [0.29, 0.717) is 0 Å². The highest BCUT2D eigenvalue weighted by Crippen LogP contribution is 2.47. The summed E-state index contributed by atoms with van der Waals surface area (Å²) in [5.41, 5.74) is 11.9. The van der Waals surface area contributed by atoms with Gasteiger partial charge in [0.2, 0.25) is 0 Å². The first-order valence-electron chi connectivity index (χ1n) is 17.6. The number of rotatable bonds is 4. The number of para-hydroxylation sites is 5. The Morgan fingerprint density at radius 3 is 1.80 bits per heavy atom. The summed E-state index contributed by atoms with van der Waals surface area (Å²) in [6.45, 7) is 0. The number of hydrogen-bond donors (Lipinski definition) is 1. The van der Waals surface area contributed by atoms with Crippen LogP contribution in [0.5, 0.6) is 0 Å². The molecule has 2 aromatic heterocycles. The largest absolute Gasteiger partial charge is 0.346 e. The fourth-order valence-corrected chi connectivity index (χ4v) is 8.38. The van der Waals surface area contributed by atoms with Gasteiger partial charge < -0.3 is 19.4 Å². The molecule has 1 N–H and O–H groups in total. The Morgan fingerprint density at radius 1 is 0.392 bits per heavy atom. The van der Waals surface area contributed by atoms with Crippen LogP contribution in [0.3, 0.4) is 0 Å². The molecule has 0 aliphatic carbocycles. The van der Waals surface area contributed by atoms with E-state index in [2.05, 4.69) is 201 Å². The molecule has 4 nitrogen and oxygen atoms in total. The van der Waals surface area contributed by atoms with Gasteiger partial charge in [-0.3, -0.25) is 0 Å². The van der Waals surface area contributed by atoms with Crippen molar-refractivity contribution in [2.24, 2.45) is 0 Å². The fourth-order valence-electron chi connectivity index (χ4n) is 8.38. The summed E-state index contributed by atoms with van der Waals surface area (Å²) in [6, 6.07) is 66.1. The van der Waals surface area contributed by atoms with Gasteiger partial charge >= 0.3 is 0 Å². The molecule has 240 valence electrons. The summed E-state index contributed by atoms with van der Waals surface area (Å²) in [5, 5.41) is 11.4. The third kappa shape index (κ3) is 4.20. The molecule has 1 atom stereocenters. The minimum Gasteiger partial charge on any atom is -0.346 e. The van der Waals surface area contributed by atoms with Crippen LogP contribution in [0.25, 0.3) is 71.2 Å². The first-order valence-corrected chi connectivity index (χ1v) is 17.6. The molecule has 10 aromatic rings. The first kappa shape index (κ1) is 28.1. The smallest absolute Gasteiger partial charge is 0.187 e. The number of nitrogens with zero attached hydrogens (tertiary/aromatic N) is 3. The zero-order valence-corrected chi connectivity index (χ0v) is 27.7. The average Bonchev–Trinajstić information content (AvgIpc) is 3.85. The highest BCUT2D eigenvalue weighted by molar-refractivity contribution is 6.12. The molecule has 4 heteroatoms. The third-order valence-corrected chi connectivity index (χ3v) is 10.7. The maximum Gasteiger partial charge on any atom is 0.187 e. The van der Waals surface area contributed by atoms with Gasteiger partial charge in [-0.25, -0.2) is 0 Å². The minimum absolute atomic E-state index is 0.155. The summed E-state index contributed by atoms with van der Waals surface area (Å²) in [6.07, 6.45) is -0.155. The number of benzene rings is 8. The van der Waals surface area contributed by atoms with E-state index in [9.17, 15) is 0 Å². The van der Waals surface area contributed by atoms with E-state index >= 15 is 0 Å². The minimum atomic E-state index is -0.155. The van der Waals surface area contributed by atoms with E-state index < -0.39 is 0 Å². The van der Waals surface area contributed by atoms with E-state index in [4.69, 9.17) is 0 Å². The summed E-state index contributed by atoms with van der Waals surface area (Å²) in [5.74, 6) is 0. The van der Waals surface area contributed by atoms with Crippen molar-refractivity contribution in [3.8, 4) is 16.8 Å². The molecular weight excluding hydrogens is 621 g/mol. The van der Waals surface area contributed by atoms with Crippen LogP contribution in [0.4, 0.5) is 17.1 Å². The van der Waals surface area contributed by atoms with Crippen LogP contribution in [-0.2, 0) is 0 Å². The van der Waals surface area contributed by atoms with Crippen LogP contribution < -0.4 is 10.2 Å². The van der Waals surface area contributed by atoms with Gasteiger partial charge in [0.25, 0.3) is 0 Å². The molecule has 11 rings (SSSR count). The molecule has 0 fully saturated rings. The lowest BCUT2D eigenvalue weighted by molar-refractivity contribution is 0.628. The van der Waals surface area contributed by atoms with Crippen LogP contribution in [0.2, 0.25) is 0 Å². The zero-order chi connectivity index (χ0) is 33.5. The van der Waals surface area contributed by atoms with Gasteiger partial charge in [-0.1, -0.05) is 109 Å². The van der Waals surface area contributed by atoms with E-state index in [0.717, 1.165) is 11.4 Å². The Bertz CT molecular complexity index is 2970. The summed E-state index contributed by atoms with van der Waals surface area (Å²) in [4.78, 5) is 2.44. The van der Waals surface area contributed by atoms with Gasteiger partial charge in [0.1, 0.15) is 0 Å². The highest BCUT2D eigenvalue weighted by atomic mass is 15.4. The lowest BCUT2D eigenvalue weighted by Crippen LogP contribution is -2.29. The van der Waals surface area contributed by atoms with Crippen LogP contribution in [0.1, 0.15) is 6.29 Å². The summed E-state index contributed by atoms with van der Waals surface area (Å²) >= 11 is 0. The number of nitrogens with one attached hydrogen (secondary N) is 1. The van der Waals surface area contributed by atoms with Crippen LogP contribution in [-0.4, -0.2) is 9.13 Å². The van der Waals surface area contributed by atoms with Gasteiger partial charge in [0.15, 0.2) is 6.29 Å². The van der Waals surface area contributed by atoms with Crippen molar-refractivity contribution in [2.45, 2.75) is 6.29 Å². The molecule has 0 amide bonds. The molecule has 1 unspecified atom stereocenters. The SMILES string of the molecule is c1ccc(-n2c3ccccc3c3cc(-c4ccc5c(c4)c4ccccc4n5C4Nc5ccccc5N4c4ccc5ccccc5c4)ccc32)cc1. The lowest BCUT2D eigenvalue weighted by atomic mass is 10.0. The van der Waals surface area contributed by atoms with Crippen molar-refractivity contribution >= 4 is 71.4 Å². The Labute approximate surface area is 295 Å². The molecule has 1 aliphatic heterocycles. The molecule has 0 spiro atoms. The second kappa shape index (κ2) is 10.9. The third-order valence-electron chi connectivity index (χ3n) is 10.7. The molecule has 51 heavy (non-hydrogen) atoms. The Morgan fingerprint density at radius 2 is 0.980 bits per heavy atom. The second-order valence-electron chi connectivity index (χ2n) is 13.5. The van der Waals surface area contributed by atoms with Gasteiger partial charge in [0.05, 0.1) is 33.4 Å². The summed E-state index contributed by atoms with van der Waals surface area (Å²) in [7, 11) is 0. The van der Waals surface area contributed by atoms with Crippen LogP contribution >= 0.6 is 0 Å². The molecule has 0 saturated carbocycles. The maximum absolute atomic E-state index is 3.90. The van der Waals surface area contributed by atoms with E-state index in [1.807, 2.05) is 0 Å². The molecular formula is C47H32N4. The lowest BCUT2D eigenvalue weighted by Gasteiger charge is -2.29. The van der Waals surface area contributed by atoms with Gasteiger partial charge in [-0.2, -0.15) is 0 Å². The fraction of sp³-hybridized carbons (Fsp3) is 0.0213. The predicted molar refractivity (Wildman–Crippen MR) is 214 cm³/mol. The topological polar surface area (TPSA) is 25.1 Å². The zero-order valence-electron chi connectivity index (χ0n) is 27.7. The standard InChI is InChI=1S/C47H32N4/c1-2-14-35(15-3-1)49-42-19-9-6-16-37(42)39-29-33(23-26-44(39)49)34-24-27-45-40(30-34)38-17-7-10-20-43(38)51(45)47-48-41-18-8-11-21-46(41)50(47)36-25-22-31-12-4-5-13-32(31)28-36/h1-30,47-48H. The average molecular weight is 653 g/mol. The number of aromatic nitrogens is 2. The van der Waals surface area contributed by atoms with E-state index in [-0.39, 0.29) is 6.29 Å². The predicted octanol–water partition coefficient (Wildman–Crippen LogP) is 12.4. The van der Waals surface area contributed by atoms with E-state index in [1.54, 1.807) is 0 Å². The highest BCUT2D eigenvalue weighted by Gasteiger charge is 2.33.